The van der Waals surface area contributed by atoms with E-state index in [1.807, 2.05) is 37.3 Å². The summed E-state index contributed by atoms with van der Waals surface area (Å²) >= 11 is 0. The molecule has 1 N–H and O–H groups in total. The van der Waals surface area contributed by atoms with Crippen LogP contribution in [0.2, 0.25) is 0 Å². The van der Waals surface area contributed by atoms with Crippen molar-refractivity contribution in [2.45, 2.75) is 19.4 Å². The third-order valence-corrected chi connectivity index (χ3v) is 1.83. The van der Waals surface area contributed by atoms with Crippen LogP contribution in [0.4, 0.5) is 0 Å². The maximum Gasteiger partial charge on any atom is 0.0732 e. The molecule has 13 heavy (non-hydrogen) atoms. The van der Waals surface area contributed by atoms with Crippen LogP contribution in [0, 0.1) is 0 Å². The van der Waals surface area contributed by atoms with Gasteiger partial charge in [0.25, 0.3) is 0 Å². The minimum atomic E-state index is -0.306. The molecule has 0 saturated heterocycles. The first-order valence-corrected chi connectivity index (χ1v) is 4.56. The van der Waals surface area contributed by atoms with Gasteiger partial charge in [0.1, 0.15) is 0 Å². The quantitative estimate of drug-likeness (QED) is 0.700. The van der Waals surface area contributed by atoms with Gasteiger partial charge in [0.2, 0.25) is 0 Å². The van der Waals surface area contributed by atoms with Crippen molar-refractivity contribution in [3.05, 3.63) is 35.9 Å². The van der Waals surface area contributed by atoms with E-state index >= 15 is 0 Å². The molecule has 70 valence electrons. The lowest BCUT2D eigenvalue weighted by Gasteiger charge is -2.01. The number of aliphatic hydroxyl groups excluding tert-OH is 1. The molecule has 0 unspecified atom stereocenters. The average molecular weight is 177 g/mol. The lowest BCUT2D eigenvalue weighted by molar-refractivity contribution is 0.179. The maximum atomic E-state index is 9.22. The van der Waals surface area contributed by atoms with Crippen molar-refractivity contribution < 1.29 is 5.11 Å². The summed E-state index contributed by atoms with van der Waals surface area (Å²) in [6.07, 6.45) is 2.24. The predicted molar refractivity (Wildman–Crippen MR) is 55.2 cm³/mol. The Balaban J connectivity index is 2.41. The molecular formula is C11H15NO. The molecule has 0 aliphatic carbocycles. The molecule has 0 aromatic heterocycles. The molecule has 0 saturated carbocycles. The SMILES string of the molecule is CC[C@H](O)CN=Cc1ccccc1. The Morgan fingerprint density at radius 3 is 2.69 bits per heavy atom. The molecule has 0 amide bonds. The highest BCUT2D eigenvalue weighted by molar-refractivity contribution is 5.79. The number of aliphatic hydroxyl groups is 1. The Morgan fingerprint density at radius 2 is 2.08 bits per heavy atom. The smallest absolute Gasteiger partial charge is 0.0732 e. The van der Waals surface area contributed by atoms with Crippen LogP contribution < -0.4 is 0 Å². The zero-order valence-corrected chi connectivity index (χ0v) is 7.85. The monoisotopic (exact) mass is 177 g/mol. The second-order valence-corrected chi connectivity index (χ2v) is 2.97. The molecule has 0 radical (unpaired) electrons. The summed E-state index contributed by atoms with van der Waals surface area (Å²) in [6, 6.07) is 9.89. The number of aliphatic imine (C=N–C) groups is 1. The third kappa shape index (κ3) is 3.85. The largest absolute Gasteiger partial charge is 0.391 e. The first-order chi connectivity index (χ1) is 6.33. The van der Waals surface area contributed by atoms with Crippen LogP contribution in [0.5, 0.6) is 0 Å². The summed E-state index contributed by atoms with van der Waals surface area (Å²) < 4.78 is 0. The number of nitrogens with zero attached hydrogens (tertiary/aromatic N) is 1. The second-order valence-electron chi connectivity index (χ2n) is 2.97. The van der Waals surface area contributed by atoms with Gasteiger partial charge in [0, 0.05) is 6.21 Å². The Labute approximate surface area is 78.9 Å². The predicted octanol–water partition coefficient (Wildman–Crippen LogP) is 1.88. The molecule has 0 aliphatic rings. The van der Waals surface area contributed by atoms with Crippen molar-refractivity contribution in [2.75, 3.05) is 6.54 Å². The fraction of sp³-hybridized carbons (Fsp3) is 0.364. The first kappa shape index (κ1) is 9.93. The highest BCUT2D eigenvalue weighted by Crippen LogP contribution is 1.95. The maximum absolute atomic E-state index is 9.22. The van der Waals surface area contributed by atoms with Crippen molar-refractivity contribution in [2.24, 2.45) is 4.99 Å². The van der Waals surface area contributed by atoms with E-state index in [0.29, 0.717) is 6.54 Å². The molecule has 0 bridgehead atoms. The lowest BCUT2D eigenvalue weighted by Crippen LogP contribution is -2.08. The highest BCUT2D eigenvalue weighted by Gasteiger charge is 1.95. The standard InChI is InChI=1S/C11H15NO/c1-2-11(13)9-12-8-10-6-4-3-5-7-10/h3-8,11,13H,2,9H2,1H3/t11-/m0/s1. The Morgan fingerprint density at radius 1 is 1.38 bits per heavy atom. The fourth-order valence-electron chi connectivity index (χ4n) is 0.948. The van der Waals surface area contributed by atoms with Gasteiger partial charge >= 0.3 is 0 Å². The number of rotatable bonds is 4. The highest BCUT2D eigenvalue weighted by atomic mass is 16.3. The lowest BCUT2D eigenvalue weighted by atomic mass is 10.2. The van der Waals surface area contributed by atoms with E-state index in [1.165, 1.54) is 0 Å². The van der Waals surface area contributed by atoms with E-state index in [4.69, 9.17) is 0 Å². The molecule has 1 aromatic carbocycles. The summed E-state index contributed by atoms with van der Waals surface area (Å²) in [6.45, 7) is 2.44. The molecule has 1 atom stereocenters. The Kier molecular flexibility index (Phi) is 4.19. The van der Waals surface area contributed by atoms with Gasteiger partial charge in [-0.25, -0.2) is 0 Å². The second kappa shape index (κ2) is 5.49. The third-order valence-electron chi connectivity index (χ3n) is 1.83. The fourth-order valence-corrected chi connectivity index (χ4v) is 0.948. The van der Waals surface area contributed by atoms with Gasteiger partial charge in [-0.15, -0.1) is 0 Å². The van der Waals surface area contributed by atoms with E-state index in [2.05, 4.69) is 4.99 Å². The number of hydrogen-bond acceptors (Lipinski definition) is 2. The molecule has 0 aliphatic heterocycles. The van der Waals surface area contributed by atoms with Gasteiger partial charge in [-0.05, 0) is 12.0 Å². The van der Waals surface area contributed by atoms with Crippen LogP contribution in [0.1, 0.15) is 18.9 Å². The molecular weight excluding hydrogens is 162 g/mol. The van der Waals surface area contributed by atoms with Gasteiger partial charge in [0.15, 0.2) is 0 Å². The molecule has 2 heteroatoms. The summed E-state index contributed by atoms with van der Waals surface area (Å²) in [5.41, 5.74) is 1.07. The van der Waals surface area contributed by atoms with E-state index in [1.54, 1.807) is 6.21 Å². The molecule has 1 aromatic rings. The van der Waals surface area contributed by atoms with Gasteiger partial charge < -0.3 is 5.11 Å². The molecule has 2 nitrogen and oxygen atoms in total. The zero-order valence-electron chi connectivity index (χ0n) is 7.85. The number of hydrogen-bond donors (Lipinski definition) is 1. The van der Waals surface area contributed by atoms with Crippen molar-refractivity contribution in [3.8, 4) is 0 Å². The van der Waals surface area contributed by atoms with Crippen molar-refractivity contribution in [3.63, 3.8) is 0 Å². The van der Waals surface area contributed by atoms with Crippen molar-refractivity contribution >= 4 is 6.21 Å². The summed E-state index contributed by atoms with van der Waals surface area (Å²) in [5, 5.41) is 9.22. The molecule has 0 heterocycles. The number of benzene rings is 1. The van der Waals surface area contributed by atoms with Crippen LogP contribution in [0.25, 0.3) is 0 Å². The van der Waals surface area contributed by atoms with E-state index in [0.717, 1.165) is 12.0 Å². The van der Waals surface area contributed by atoms with Gasteiger partial charge in [-0.2, -0.15) is 0 Å². The average Bonchev–Trinajstić information content (AvgIpc) is 2.19. The van der Waals surface area contributed by atoms with Crippen molar-refractivity contribution in [1.82, 2.24) is 0 Å². The minimum Gasteiger partial charge on any atom is -0.391 e. The van der Waals surface area contributed by atoms with Gasteiger partial charge in [-0.3, -0.25) is 4.99 Å². The summed E-state index contributed by atoms with van der Waals surface area (Å²) in [5.74, 6) is 0. The van der Waals surface area contributed by atoms with E-state index < -0.39 is 0 Å². The summed E-state index contributed by atoms with van der Waals surface area (Å²) in [4.78, 5) is 4.14. The van der Waals surface area contributed by atoms with Crippen LogP contribution in [0.15, 0.2) is 35.3 Å². The minimum absolute atomic E-state index is 0.306. The Bertz CT molecular complexity index is 256. The topological polar surface area (TPSA) is 32.6 Å². The first-order valence-electron chi connectivity index (χ1n) is 4.56. The summed E-state index contributed by atoms with van der Waals surface area (Å²) in [7, 11) is 0. The van der Waals surface area contributed by atoms with Crippen molar-refractivity contribution in [1.29, 1.82) is 0 Å². The van der Waals surface area contributed by atoms with E-state index in [9.17, 15) is 5.11 Å². The van der Waals surface area contributed by atoms with Crippen LogP contribution >= 0.6 is 0 Å². The molecule has 0 spiro atoms. The normalized spacial score (nSPS) is 13.4. The van der Waals surface area contributed by atoms with Gasteiger partial charge in [0.05, 0.1) is 12.6 Å². The molecule has 0 fully saturated rings. The van der Waals surface area contributed by atoms with Crippen LogP contribution in [0.3, 0.4) is 0 Å². The Hall–Kier alpha value is -1.15. The van der Waals surface area contributed by atoms with Gasteiger partial charge in [-0.1, -0.05) is 37.3 Å². The van der Waals surface area contributed by atoms with Crippen LogP contribution in [-0.4, -0.2) is 24.0 Å². The van der Waals surface area contributed by atoms with E-state index in [-0.39, 0.29) is 6.10 Å². The molecule has 1 rings (SSSR count). The zero-order chi connectivity index (χ0) is 9.52. The van der Waals surface area contributed by atoms with Crippen LogP contribution in [-0.2, 0) is 0 Å².